The van der Waals surface area contributed by atoms with Crippen LogP contribution in [0.3, 0.4) is 0 Å². The van der Waals surface area contributed by atoms with E-state index in [1.165, 1.54) is 0 Å². The average Bonchev–Trinajstić information content (AvgIpc) is 2.66. The van der Waals surface area contributed by atoms with Crippen molar-refractivity contribution in [2.45, 2.75) is 6.23 Å². The van der Waals surface area contributed by atoms with E-state index in [4.69, 9.17) is 14.2 Å². The van der Waals surface area contributed by atoms with Crippen LogP contribution in [0.4, 0.5) is 0 Å². The average molecular weight is 326 g/mol. The summed E-state index contributed by atoms with van der Waals surface area (Å²) >= 11 is 0. The molecule has 0 aliphatic carbocycles. The largest absolute Gasteiger partial charge is 0.496 e. The smallest absolute Gasteiger partial charge is 0.179 e. The van der Waals surface area contributed by atoms with Crippen LogP contribution in [-0.2, 0) is 0 Å². The molecule has 0 amide bonds. The van der Waals surface area contributed by atoms with E-state index in [-0.39, 0.29) is 6.23 Å². The predicted molar refractivity (Wildman–Crippen MR) is 92.8 cm³/mol. The number of hydrogen-bond donors (Lipinski definition) is 1. The highest BCUT2D eigenvalue weighted by atomic mass is 16.5. The van der Waals surface area contributed by atoms with Gasteiger partial charge in [-0.05, 0) is 18.2 Å². The van der Waals surface area contributed by atoms with Gasteiger partial charge in [0.25, 0.3) is 0 Å². The number of piperazine rings is 1. The predicted octanol–water partition coefficient (Wildman–Crippen LogP) is 2.67. The second-order valence-electron chi connectivity index (χ2n) is 6.01. The van der Waals surface area contributed by atoms with Crippen LogP contribution in [-0.4, -0.2) is 45.3 Å². The molecule has 2 aliphatic heterocycles. The van der Waals surface area contributed by atoms with E-state index in [1.54, 1.807) is 14.2 Å². The normalized spacial score (nSPS) is 19.8. The summed E-state index contributed by atoms with van der Waals surface area (Å²) in [6, 6.07) is 12.1. The number of nitrogens with zero attached hydrogens (tertiary/aromatic N) is 1. The zero-order valence-corrected chi connectivity index (χ0v) is 14.0. The molecule has 1 atom stereocenters. The Morgan fingerprint density at radius 1 is 0.958 bits per heavy atom. The molecule has 5 heteroatoms. The molecular weight excluding hydrogens is 304 g/mol. The lowest BCUT2D eigenvalue weighted by Crippen LogP contribution is -2.47. The first-order valence-electron chi connectivity index (χ1n) is 8.29. The van der Waals surface area contributed by atoms with Gasteiger partial charge in [-0.25, -0.2) is 0 Å². The van der Waals surface area contributed by atoms with Gasteiger partial charge in [0, 0.05) is 37.3 Å². The number of hydrogen-bond acceptors (Lipinski definition) is 5. The third kappa shape index (κ3) is 2.41. The molecular formula is C19H22N2O3. The molecule has 1 unspecified atom stereocenters. The quantitative estimate of drug-likeness (QED) is 0.939. The van der Waals surface area contributed by atoms with Crippen molar-refractivity contribution in [3.05, 3.63) is 42.0 Å². The number of benzene rings is 2. The number of nitrogens with one attached hydrogen (secondary N) is 1. The van der Waals surface area contributed by atoms with Crippen LogP contribution in [0.5, 0.6) is 17.2 Å². The lowest BCUT2D eigenvalue weighted by atomic mass is 9.93. The molecule has 0 saturated carbocycles. The fourth-order valence-corrected chi connectivity index (χ4v) is 3.59. The van der Waals surface area contributed by atoms with Crippen molar-refractivity contribution in [3.8, 4) is 28.4 Å². The Balaban J connectivity index is 1.89. The van der Waals surface area contributed by atoms with Crippen molar-refractivity contribution in [2.75, 3.05) is 40.4 Å². The van der Waals surface area contributed by atoms with Crippen LogP contribution >= 0.6 is 0 Å². The van der Waals surface area contributed by atoms with E-state index in [1.807, 2.05) is 30.3 Å². The van der Waals surface area contributed by atoms with Crippen molar-refractivity contribution < 1.29 is 14.2 Å². The van der Waals surface area contributed by atoms with Crippen LogP contribution < -0.4 is 19.5 Å². The van der Waals surface area contributed by atoms with E-state index in [0.29, 0.717) is 0 Å². The topological polar surface area (TPSA) is 43.0 Å². The zero-order valence-electron chi connectivity index (χ0n) is 14.0. The highest BCUT2D eigenvalue weighted by Crippen LogP contribution is 2.51. The van der Waals surface area contributed by atoms with Gasteiger partial charge in [0.15, 0.2) is 6.23 Å². The van der Waals surface area contributed by atoms with Crippen LogP contribution in [0.2, 0.25) is 0 Å². The molecule has 0 spiro atoms. The van der Waals surface area contributed by atoms with Gasteiger partial charge in [0.1, 0.15) is 17.2 Å². The molecule has 0 aromatic heterocycles. The second kappa shape index (κ2) is 6.34. The summed E-state index contributed by atoms with van der Waals surface area (Å²) in [4.78, 5) is 2.37. The molecule has 1 fully saturated rings. The van der Waals surface area contributed by atoms with Crippen LogP contribution in [0.1, 0.15) is 11.8 Å². The Morgan fingerprint density at radius 3 is 2.33 bits per heavy atom. The van der Waals surface area contributed by atoms with Crippen molar-refractivity contribution in [1.82, 2.24) is 10.2 Å². The lowest BCUT2D eigenvalue weighted by molar-refractivity contribution is 0.0131. The zero-order chi connectivity index (χ0) is 16.5. The van der Waals surface area contributed by atoms with Gasteiger partial charge < -0.3 is 19.5 Å². The summed E-state index contributed by atoms with van der Waals surface area (Å²) in [7, 11) is 3.40. The maximum Gasteiger partial charge on any atom is 0.179 e. The Kier molecular flexibility index (Phi) is 4.04. The molecule has 0 bridgehead atoms. The van der Waals surface area contributed by atoms with Crippen molar-refractivity contribution in [2.24, 2.45) is 0 Å². The van der Waals surface area contributed by atoms with Crippen molar-refractivity contribution >= 4 is 0 Å². The van der Waals surface area contributed by atoms with Crippen LogP contribution in [0.15, 0.2) is 36.4 Å². The molecule has 2 aliphatic rings. The lowest BCUT2D eigenvalue weighted by Gasteiger charge is -2.39. The first kappa shape index (κ1) is 15.3. The standard InChI is InChI=1S/C19H22N2O3/c1-22-14-6-3-5-13-17(14)18-15(23-2)7-4-8-16(18)24-19(13)21-11-9-20-10-12-21/h3-8,19-20H,9-12H2,1-2H3. The summed E-state index contributed by atoms with van der Waals surface area (Å²) in [5.41, 5.74) is 3.18. The van der Waals surface area contributed by atoms with Gasteiger partial charge in [-0.2, -0.15) is 0 Å². The van der Waals surface area contributed by atoms with Gasteiger partial charge in [-0.3, -0.25) is 4.90 Å². The van der Waals surface area contributed by atoms with Gasteiger partial charge in [-0.15, -0.1) is 0 Å². The van der Waals surface area contributed by atoms with Crippen molar-refractivity contribution in [1.29, 1.82) is 0 Å². The Morgan fingerprint density at radius 2 is 1.62 bits per heavy atom. The van der Waals surface area contributed by atoms with Gasteiger partial charge in [-0.1, -0.05) is 18.2 Å². The molecule has 0 radical (unpaired) electrons. The van der Waals surface area contributed by atoms with E-state index in [9.17, 15) is 0 Å². The van der Waals surface area contributed by atoms with Gasteiger partial charge in [0.05, 0.1) is 19.8 Å². The SMILES string of the molecule is COc1cccc2c1-c1c(OC)cccc1C(N1CCNCC1)O2. The highest BCUT2D eigenvalue weighted by molar-refractivity contribution is 5.85. The van der Waals surface area contributed by atoms with Crippen LogP contribution in [0.25, 0.3) is 11.1 Å². The molecule has 5 nitrogen and oxygen atoms in total. The van der Waals surface area contributed by atoms with E-state index in [0.717, 1.165) is 60.1 Å². The summed E-state index contributed by atoms with van der Waals surface area (Å²) in [5, 5.41) is 3.40. The summed E-state index contributed by atoms with van der Waals surface area (Å²) < 4.78 is 17.7. The molecule has 24 heavy (non-hydrogen) atoms. The first-order valence-corrected chi connectivity index (χ1v) is 8.29. The van der Waals surface area contributed by atoms with Gasteiger partial charge in [0.2, 0.25) is 0 Å². The Bertz CT molecular complexity index is 741. The minimum Gasteiger partial charge on any atom is -0.496 e. The highest BCUT2D eigenvalue weighted by Gasteiger charge is 2.34. The van der Waals surface area contributed by atoms with E-state index in [2.05, 4.69) is 16.3 Å². The number of ether oxygens (including phenoxy) is 3. The fourth-order valence-electron chi connectivity index (χ4n) is 3.59. The summed E-state index contributed by atoms with van der Waals surface area (Å²) in [6.45, 7) is 3.87. The summed E-state index contributed by atoms with van der Waals surface area (Å²) in [6.07, 6.45) is -0.100. The minimum atomic E-state index is -0.100. The van der Waals surface area contributed by atoms with E-state index < -0.39 is 0 Å². The maximum atomic E-state index is 6.40. The molecule has 2 aromatic rings. The van der Waals surface area contributed by atoms with Crippen LogP contribution in [0, 0.1) is 0 Å². The minimum absolute atomic E-state index is 0.100. The fraction of sp³-hybridized carbons (Fsp3) is 0.368. The Hall–Kier alpha value is -2.24. The van der Waals surface area contributed by atoms with Crippen molar-refractivity contribution in [3.63, 3.8) is 0 Å². The molecule has 4 rings (SSSR count). The number of fused-ring (bicyclic) bond motifs is 3. The molecule has 1 saturated heterocycles. The third-order valence-corrected chi connectivity index (χ3v) is 4.72. The molecule has 1 N–H and O–H groups in total. The monoisotopic (exact) mass is 326 g/mol. The molecule has 2 aromatic carbocycles. The second-order valence-corrected chi connectivity index (χ2v) is 6.01. The van der Waals surface area contributed by atoms with Gasteiger partial charge >= 0.3 is 0 Å². The number of methoxy groups -OCH3 is 2. The number of rotatable bonds is 3. The third-order valence-electron chi connectivity index (χ3n) is 4.72. The first-order chi connectivity index (χ1) is 11.8. The summed E-state index contributed by atoms with van der Waals surface area (Å²) in [5.74, 6) is 2.49. The Labute approximate surface area is 142 Å². The van der Waals surface area contributed by atoms with E-state index >= 15 is 0 Å². The maximum absolute atomic E-state index is 6.40. The molecule has 2 heterocycles. The molecule has 126 valence electrons.